The van der Waals surface area contributed by atoms with E-state index in [0.29, 0.717) is 0 Å². The molecule has 0 radical (unpaired) electrons. The van der Waals surface area contributed by atoms with Gasteiger partial charge >= 0.3 is 0 Å². The van der Waals surface area contributed by atoms with E-state index in [0.717, 1.165) is 0 Å². The molecular weight excluding hydrogens is 370 g/mol. The lowest BCUT2D eigenvalue weighted by Crippen LogP contribution is -1.96. The molecule has 0 saturated heterocycles. The van der Waals surface area contributed by atoms with Crippen molar-refractivity contribution in [2.75, 3.05) is 0 Å². The molecule has 0 aliphatic heterocycles. The first-order valence-electron chi connectivity index (χ1n) is 6.10. The molecule has 0 atom stereocenters. The van der Waals surface area contributed by atoms with Crippen molar-refractivity contribution < 1.29 is 18.4 Å². The average molecular weight is 392 g/mol. The van der Waals surface area contributed by atoms with Crippen LogP contribution in [0.15, 0.2) is 94.5 Å². The van der Waals surface area contributed by atoms with Crippen molar-refractivity contribution in [2.45, 2.75) is 4.90 Å². The first kappa shape index (κ1) is 27.1. The lowest BCUT2D eigenvalue weighted by molar-refractivity contribution is 0.483. The van der Waals surface area contributed by atoms with E-state index in [9.17, 15) is 8.42 Å². The van der Waals surface area contributed by atoms with E-state index in [1.165, 1.54) is 12.1 Å². The molecule has 0 spiro atoms. The van der Waals surface area contributed by atoms with Gasteiger partial charge in [0.2, 0.25) is 0 Å². The van der Waals surface area contributed by atoms with Crippen LogP contribution in [-0.2, 0) is 10.1 Å². The van der Waals surface area contributed by atoms with E-state index in [-0.39, 0.29) is 28.9 Å². The molecule has 134 valence electrons. The van der Waals surface area contributed by atoms with Crippen LogP contribution in [0, 0.1) is 0 Å². The van der Waals surface area contributed by atoms with Gasteiger partial charge < -0.3 is 11.6 Å². The van der Waals surface area contributed by atoms with E-state index >= 15 is 0 Å². The van der Waals surface area contributed by atoms with Crippen LogP contribution in [0.1, 0.15) is 0 Å². The van der Waals surface area contributed by atoms with Crippen molar-refractivity contribution in [1.82, 2.24) is 6.15 Å². The van der Waals surface area contributed by atoms with E-state index in [4.69, 9.17) is 4.55 Å². The third-order valence-corrected chi connectivity index (χ3v) is 3.63. The fourth-order valence-corrected chi connectivity index (χ4v) is 2.16. The maximum atomic E-state index is 10.4. The van der Waals surface area contributed by atoms with Crippen LogP contribution in [0.3, 0.4) is 0 Å². The van der Waals surface area contributed by atoms with E-state index in [1.54, 1.807) is 29.5 Å². The average Bonchev–Trinajstić information content (AvgIpc) is 3.09. The molecule has 24 heavy (non-hydrogen) atoms. The maximum absolute atomic E-state index is 10.4. The largest absolute Gasteiger partial charge is 0.412 e. The summed E-state index contributed by atoms with van der Waals surface area (Å²) >= 11 is 1.71. The van der Waals surface area contributed by atoms with Crippen LogP contribution in [0.25, 0.3) is 0 Å². The number of hydrogen-bond acceptors (Lipinski definition) is 4. The van der Waals surface area contributed by atoms with Gasteiger partial charge in [0.25, 0.3) is 10.1 Å². The lowest BCUT2D eigenvalue weighted by Gasteiger charge is -1.92. The first-order valence-corrected chi connectivity index (χ1v) is 8.48. The summed E-state index contributed by atoms with van der Waals surface area (Å²) in [5.74, 6) is 0. The van der Waals surface area contributed by atoms with Gasteiger partial charge in [-0.25, -0.2) is 0 Å². The van der Waals surface area contributed by atoms with Crippen molar-refractivity contribution >= 4 is 33.9 Å². The van der Waals surface area contributed by atoms with Crippen LogP contribution in [0.2, 0.25) is 0 Å². The van der Waals surface area contributed by atoms with Crippen molar-refractivity contribution in [3.63, 3.8) is 0 Å². The Labute approximate surface area is 153 Å². The molecule has 1 aromatic heterocycles. The highest BCUT2D eigenvalue weighted by molar-refractivity contribution is 7.85. The molecule has 3 aromatic rings. The number of rotatable bonds is 1. The normalized spacial score (nSPS) is 8.38. The highest BCUT2D eigenvalue weighted by Crippen LogP contribution is 2.05. The Morgan fingerprint density at radius 2 is 1.04 bits per heavy atom. The molecule has 1 heterocycles. The third kappa shape index (κ3) is 13.9. The molecule has 0 unspecified atom stereocenters. The predicted octanol–water partition coefficient (Wildman–Crippen LogP) is 4.13. The zero-order chi connectivity index (χ0) is 15.4. The maximum Gasteiger partial charge on any atom is 0.294 e. The molecule has 0 amide bonds. The van der Waals surface area contributed by atoms with Gasteiger partial charge in [-0.05, 0) is 22.9 Å². The van der Waals surface area contributed by atoms with Gasteiger partial charge in [-0.1, -0.05) is 66.7 Å². The molecule has 0 aliphatic rings. The molecule has 2 aromatic carbocycles. The van der Waals surface area contributed by atoms with Crippen molar-refractivity contribution in [3.8, 4) is 0 Å². The molecular formula is C16H22ClNO4S2. The molecule has 5 nitrogen and oxygen atoms in total. The van der Waals surface area contributed by atoms with Crippen molar-refractivity contribution in [3.05, 3.63) is 89.6 Å². The molecule has 8 heteroatoms. The zero-order valence-corrected chi connectivity index (χ0v) is 15.3. The summed E-state index contributed by atoms with van der Waals surface area (Å²) in [6.07, 6.45) is 0. The molecule has 0 bridgehead atoms. The Kier molecular flexibility index (Phi) is 18.2. The van der Waals surface area contributed by atoms with Gasteiger partial charge in [0.15, 0.2) is 0 Å². The molecule has 3 rings (SSSR count). The summed E-state index contributed by atoms with van der Waals surface area (Å²) in [5, 5.41) is 4.08. The summed E-state index contributed by atoms with van der Waals surface area (Å²) in [4.78, 5) is -0.0741. The number of hydrogen-bond donors (Lipinski definition) is 2. The second-order valence-corrected chi connectivity index (χ2v) is 5.97. The molecule has 0 fully saturated rings. The van der Waals surface area contributed by atoms with Crippen molar-refractivity contribution in [1.29, 1.82) is 0 Å². The van der Waals surface area contributed by atoms with Crippen molar-refractivity contribution in [2.24, 2.45) is 0 Å². The summed E-state index contributed by atoms with van der Waals surface area (Å²) < 4.78 is 29.2. The quantitative estimate of drug-likeness (QED) is 0.605. The second-order valence-electron chi connectivity index (χ2n) is 3.74. The highest BCUT2D eigenvalue weighted by atomic mass is 35.5. The Hall–Kier alpha value is -1.74. The minimum Gasteiger partial charge on any atom is -0.412 e. The smallest absolute Gasteiger partial charge is 0.294 e. The topological polar surface area (TPSA) is 121 Å². The lowest BCUT2D eigenvalue weighted by atomic mass is 10.4. The van der Waals surface area contributed by atoms with Gasteiger partial charge in [-0.15, -0.1) is 12.4 Å². The summed E-state index contributed by atoms with van der Waals surface area (Å²) in [6, 6.07) is 23.5. The van der Waals surface area contributed by atoms with Crippen LogP contribution in [0.4, 0.5) is 0 Å². The number of halogens is 1. The monoisotopic (exact) mass is 391 g/mol. The zero-order valence-electron chi connectivity index (χ0n) is 12.9. The van der Waals surface area contributed by atoms with Gasteiger partial charge in [-0.2, -0.15) is 19.8 Å². The van der Waals surface area contributed by atoms with Gasteiger partial charge in [0.1, 0.15) is 0 Å². The van der Waals surface area contributed by atoms with Crippen LogP contribution < -0.4 is 6.15 Å². The fraction of sp³-hybridized carbons (Fsp3) is 0. The van der Waals surface area contributed by atoms with E-state index in [2.05, 4.69) is 0 Å². The minimum atomic E-state index is -4.00. The SMILES string of the molecule is Cl.N.O.O=S(=O)(O)c1ccccc1.c1ccccc1.c1ccsc1. The molecule has 6 N–H and O–H groups in total. The summed E-state index contributed by atoms with van der Waals surface area (Å²) in [6.45, 7) is 0. The van der Waals surface area contributed by atoms with E-state index in [1.807, 2.05) is 59.3 Å². The second kappa shape index (κ2) is 16.1. The summed E-state index contributed by atoms with van der Waals surface area (Å²) in [7, 11) is -4.00. The van der Waals surface area contributed by atoms with Crippen LogP contribution in [-0.4, -0.2) is 18.4 Å². The minimum absolute atomic E-state index is 0. The number of thiophene rings is 1. The van der Waals surface area contributed by atoms with Gasteiger partial charge in [0, 0.05) is 0 Å². The highest BCUT2D eigenvalue weighted by Gasteiger charge is 2.05. The summed E-state index contributed by atoms with van der Waals surface area (Å²) in [5.41, 5.74) is 0. The Balaban J connectivity index is -0.000000275. The molecule has 0 aliphatic carbocycles. The van der Waals surface area contributed by atoms with E-state index < -0.39 is 10.1 Å². The standard InChI is InChI=1S/C6H6O3S.C6H6.C4H4S.ClH.H3N.H2O/c7-10(8,9)6-4-2-1-3-5-6;1-2-4-6-5-3-1;1-2-4-5-3-1;;;/h1-5H,(H,7,8,9);1-6H;1-4H;1H;1H3;1H2. The third-order valence-electron chi connectivity index (χ3n) is 2.13. The van der Waals surface area contributed by atoms with Crippen LogP contribution in [0.5, 0.6) is 0 Å². The Bertz CT molecular complexity index is 635. The number of benzene rings is 2. The molecule has 0 saturated carbocycles. The Morgan fingerprint density at radius 3 is 1.25 bits per heavy atom. The predicted molar refractivity (Wildman–Crippen MR) is 103 cm³/mol. The van der Waals surface area contributed by atoms with Crippen LogP contribution >= 0.6 is 23.7 Å². The van der Waals surface area contributed by atoms with Gasteiger partial charge in [-0.3, -0.25) is 4.55 Å². The Morgan fingerprint density at radius 1 is 0.708 bits per heavy atom. The van der Waals surface area contributed by atoms with Gasteiger partial charge in [0.05, 0.1) is 4.90 Å². The first-order chi connectivity index (χ1) is 10.1. The fourth-order valence-electron chi connectivity index (χ4n) is 1.20.